The summed E-state index contributed by atoms with van der Waals surface area (Å²) in [6, 6.07) is 4.72. The monoisotopic (exact) mass is 313 g/mol. The third-order valence-electron chi connectivity index (χ3n) is 4.46. The van der Waals surface area contributed by atoms with E-state index in [1.54, 1.807) is 12.1 Å². The van der Waals surface area contributed by atoms with E-state index < -0.39 is 0 Å². The molecule has 0 bridgehead atoms. The summed E-state index contributed by atoms with van der Waals surface area (Å²) >= 11 is 3.48. The van der Waals surface area contributed by atoms with Gasteiger partial charge in [0, 0.05) is 10.5 Å². The molecule has 3 heteroatoms. The third kappa shape index (κ3) is 2.94. The van der Waals surface area contributed by atoms with Gasteiger partial charge in [-0.1, -0.05) is 36.2 Å². The predicted molar refractivity (Wildman–Crippen MR) is 76.7 cm³/mol. The summed E-state index contributed by atoms with van der Waals surface area (Å²) in [4.78, 5) is 0. The van der Waals surface area contributed by atoms with Crippen LogP contribution in [-0.4, -0.2) is 0 Å². The Morgan fingerprint density at radius 3 is 2.67 bits per heavy atom. The maximum absolute atomic E-state index is 13.3. The van der Waals surface area contributed by atoms with Gasteiger partial charge in [0.25, 0.3) is 0 Å². The van der Waals surface area contributed by atoms with Gasteiger partial charge in [0.2, 0.25) is 0 Å². The van der Waals surface area contributed by atoms with Gasteiger partial charge in [-0.25, -0.2) is 4.39 Å². The van der Waals surface area contributed by atoms with Crippen molar-refractivity contribution in [3.05, 3.63) is 34.1 Å². The second-order valence-electron chi connectivity index (χ2n) is 5.72. The Hall–Kier alpha value is -0.410. The van der Waals surface area contributed by atoms with E-state index in [4.69, 9.17) is 5.73 Å². The van der Waals surface area contributed by atoms with E-state index in [1.165, 1.54) is 12.5 Å². The maximum atomic E-state index is 13.3. The van der Waals surface area contributed by atoms with Crippen molar-refractivity contribution in [2.75, 3.05) is 0 Å². The average Bonchev–Trinajstić information content (AvgIpc) is 2.35. The first-order valence-corrected chi connectivity index (χ1v) is 7.49. The van der Waals surface area contributed by atoms with Gasteiger partial charge in [-0.3, -0.25) is 0 Å². The molecule has 1 fully saturated rings. The van der Waals surface area contributed by atoms with Gasteiger partial charge in [-0.05, 0) is 54.4 Å². The summed E-state index contributed by atoms with van der Waals surface area (Å²) in [6.45, 7) is 4.61. The van der Waals surface area contributed by atoms with E-state index in [2.05, 4.69) is 29.8 Å². The Labute approximate surface area is 117 Å². The van der Waals surface area contributed by atoms with Gasteiger partial charge in [0.05, 0.1) is 0 Å². The molecule has 4 atom stereocenters. The van der Waals surface area contributed by atoms with E-state index in [9.17, 15) is 4.39 Å². The molecule has 2 rings (SSSR count). The number of hydrogen-bond acceptors (Lipinski definition) is 1. The predicted octanol–water partition coefficient (Wildman–Crippen LogP) is 4.66. The molecular formula is C15H21BrFN. The van der Waals surface area contributed by atoms with Crippen molar-refractivity contribution in [1.82, 2.24) is 0 Å². The van der Waals surface area contributed by atoms with Crippen molar-refractivity contribution in [1.29, 1.82) is 0 Å². The van der Waals surface area contributed by atoms with E-state index in [0.717, 1.165) is 28.8 Å². The average molecular weight is 314 g/mol. The molecule has 100 valence electrons. The molecule has 18 heavy (non-hydrogen) atoms. The van der Waals surface area contributed by atoms with Crippen LogP contribution in [0.15, 0.2) is 22.7 Å². The van der Waals surface area contributed by atoms with Crippen LogP contribution in [0.4, 0.5) is 4.39 Å². The van der Waals surface area contributed by atoms with Crippen molar-refractivity contribution in [3.8, 4) is 0 Å². The molecule has 1 aliphatic rings. The molecule has 1 nitrogen and oxygen atoms in total. The number of halogens is 2. The summed E-state index contributed by atoms with van der Waals surface area (Å²) < 4.78 is 14.3. The van der Waals surface area contributed by atoms with Gasteiger partial charge in [0.15, 0.2) is 0 Å². The minimum absolute atomic E-state index is 0.0648. The number of benzene rings is 1. The first-order chi connectivity index (χ1) is 8.49. The molecule has 1 saturated carbocycles. The van der Waals surface area contributed by atoms with Gasteiger partial charge in [-0.15, -0.1) is 0 Å². The van der Waals surface area contributed by atoms with Crippen LogP contribution in [0, 0.1) is 23.6 Å². The quantitative estimate of drug-likeness (QED) is 0.844. The Morgan fingerprint density at radius 2 is 2.00 bits per heavy atom. The first-order valence-electron chi connectivity index (χ1n) is 6.69. The molecule has 0 aromatic heterocycles. The molecule has 2 N–H and O–H groups in total. The van der Waals surface area contributed by atoms with Crippen molar-refractivity contribution >= 4 is 15.9 Å². The van der Waals surface area contributed by atoms with Crippen LogP contribution in [0.3, 0.4) is 0 Å². The molecule has 0 radical (unpaired) electrons. The lowest BCUT2D eigenvalue weighted by atomic mass is 9.72. The molecule has 1 aromatic rings. The van der Waals surface area contributed by atoms with Crippen LogP contribution in [0.2, 0.25) is 0 Å². The van der Waals surface area contributed by atoms with Crippen molar-refractivity contribution < 1.29 is 4.39 Å². The normalized spacial score (nSPS) is 30.2. The van der Waals surface area contributed by atoms with Gasteiger partial charge in [0.1, 0.15) is 5.82 Å². The lowest BCUT2D eigenvalue weighted by Crippen LogP contribution is -2.29. The van der Waals surface area contributed by atoms with E-state index in [1.807, 2.05) is 0 Å². The summed E-state index contributed by atoms with van der Waals surface area (Å²) in [5, 5.41) is 0. The highest BCUT2D eigenvalue weighted by molar-refractivity contribution is 9.10. The van der Waals surface area contributed by atoms with Crippen LogP contribution in [0.1, 0.15) is 44.7 Å². The topological polar surface area (TPSA) is 26.0 Å². The summed E-state index contributed by atoms with van der Waals surface area (Å²) in [6.07, 6.45) is 3.52. The maximum Gasteiger partial charge on any atom is 0.123 e. The highest BCUT2D eigenvalue weighted by Gasteiger charge is 2.29. The third-order valence-corrected chi connectivity index (χ3v) is 5.19. The van der Waals surface area contributed by atoms with Gasteiger partial charge < -0.3 is 5.73 Å². The molecule has 0 heterocycles. The lowest BCUT2D eigenvalue weighted by molar-refractivity contribution is 0.185. The molecular weight excluding hydrogens is 293 g/mol. The number of rotatable bonds is 2. The minimum Gasteiger partial charge on any atom is -0.324 e. The summed E-state index contributed by atoms with van der Waals surface area (Å²) in [5.41, 5.74) is 7.25. The van der Waals surface area contributed by atoms with Gasteiger partial charge >= 0.3 is 0 Å². The molecule has 4 unspecified atom stereocenters. The van der Waals surface area contributed by atoms with Crippen LogP contribution in [0.5, 0.6) is 0 Å². The molecule has 0 spiro atoms. The zero-order valence-corrected chi connectivity index (χ0v) is 12.6. The second kappa shape index (κ2) is 5.70. The Bertz CT molecular complexity index is 421. The van der Waals surface area contributed by atoms with E-state index in [0.29, 0.717) is 11.8 Å². The van der Waals surface area contributed by atoms with Crippen molar-refractivity contribution in [2.45, 2.75) is 39.2 Å². The SMILES string of the molecule is CC1CCC(C(N)c2cc(F)ccc2Br)CC1C. The highest BCUT2D eigenvalue weighted by atomic mass is 79.9. The standard InChI is InChI=1S/C15H21BrFN/c1-9-3-4-11(7-10(9)2)15(18)13-8-12(17)5-6-14(13)16/h5-6,8-11,15H,3-4,7,18H2,1-2H3. The zero-order valence-electron chi connectivity index (χ0n) is 11.0. The number of hydrogen-bond donors (Lipinski definition) is 1. The highest BCUT2D eigenvalue weighted by Crippen LogP contribution is 2.40. The second-order valence-corrected chi connectivity index (χ2v) is 6.57. The zero-order chi connectivity index (χ0) is 13.3. The fourth-order valence-corrected chi connectivity index (χ4v) is 3.45. The Balaban J connectivity index is 2.16. The van der Waals surface area contributed by atoms with Crippen LogP contribution >= 0.6 is 15.9 Å². The van der Waals surface area contributed by atoms with Crippen molar-refractivity contribution in [2.24, 2.45) is 23.5 Å². The van der Waals surface area contributed by atoms with Crippen LogP contribution in [0.25, 0.3) is 0 Å². The van der Waals surface area contributed by atoms with Gasteiger partial charge in [-0.2, -0.15) is 0 Å². The van der Waals surface area contributed by atoms with Crippen molar-refractivity contribution in [3.63, 3.8) is 0 Å². The summed E-state index contributed by atoms with van der Waals surface area (Å²) in [5.74, 6) is 1.75. The van der Waals surface area contributed by atoms with Crippen LogP contribution < -0.4 is 5.73 Å². The minimum atomic E-state index is -0.208. The van der Waals surface area contributed by atoms with E-state index in [-0.39, 0.29) is 11.9 Å². The lowest BCUT2D eigenvalue weighted by Gasteiger charge is -2.35. The fourth-order valence-electron chi connectivity index (χ4n) is 2.94. The van der Waals surface area contributed by atoms with Crippen LogP contribution in [-0.2, 0) is 0 Å². The molecule has 1 aromatic carbocycles. The molecule has 0 saturated heterocycles. The molecule has 0 aliphatic heterocycles. The smallest absolute Gasteiger partial charge is 0.123 e. The Kier molecular flexibility index (Phi) is 4.44. The molecule has 0 amide bonds. The fraction of sp³-hybridized carbons (Fsp3) is 0.600. The molecule has 1 aliphatic carbocycles. The Morgan fingerprint density at radius 1 is 1.28 bits per heavy atom. The summed E-state index contributed by atoms with van der Waals surface area (Å²) in [7, 11) is 0. The van der Waals surface area contributed by atoms with E-state index >= 15 is 0 Å². The number of nitrogens with two attached hydrogens (primary N) is 1. The largest absolute Gasteiger partial charge is 0.324 e. The first kappa shape index (κ1) is 14.0.